The van der Waals surface area contributed by atoms with Crippen molar-refractivity contribution in [2.75, 3.05) is 17.2 Å². The van der Waals surface area contributed by atoms with E-state index in [0.29, 0.717) is 17.8 Å². The van der Waals surface area contributed by atoms with Gasteiger partial charge in [0.25, 0.3) is 0 Å². The third kappa shape index (κ3) is 5.14. The number of aromatic nitrogens is 2. The van der Waals surface area contributed by atoms with Crippen molar-refractivity contribution in [3.05, 3.63) is 59.7 Å². The Labute approximate surface area is 191 Å². The van der Waals surface area contributed by atoms with E-state index in [4.69, 9.17) is 0 Å². The molecule has 1 fully saturated rings. The maximum atomic E-state index is 13.2. The first-order valence-electron chi connectivity index (χ1n) is 10.2. The molecule has 1 atom stereocenters. The SMILES string of the molecule is Cc1ccc(-c2nnc(NC(=O)C3CCCN3C(=O)Nc3ccccc3C(F)(F)F)s2)cc1. The predicted molar refractivity (Wildman–Crippen MR) is 119 cm³/mol. The summed E-state index contributed by atoms with van der Waals surface area (Å²) in [7, 11) is 0. The number of benzene rings is 2. The molecular weight excluding hydrogens is 455 g/mol. The normalized spacial score (nSPS) is 16.0. The van der Waals surface area contributed by atoms with Crippen LogP contribution in [-0.2, 0) is 11.0 Å². The lowest BCUT2D eigenvalue weighted by Gasteiger charge is -2.24. The molecule has 11 heteroatoms. The van der Waals surface area contributed by atoms with Crippen molar-refractivity contribution in [1.82, 2.24) is 15.1 Å². The first kappa shape index (κ1) is 22.7. The number of likely N-dealkylation sites (tertiary alicyclic amines) is 1. The largest absolute Gasteiger partial charge is 0.418 e. The third-order valence-electron chi connectivity index (χ3n) is 5.24. The zero-order valence-electron chi connectivity index (χ0n) is 17.5. The van der Waals surface area contributed by atoms with E-state index in [0.717, 1.165) is 17.2 Å². The summed E-state index contributed by atoms with van der Waals surface area (Å²) in [5.41, 5.74) is 0.669. The molecule has 7 nitrogen and oxygen atoms in total. The molecule has 0 saturated carbocycles. The molecule has 2 heterocycles. The zero-order valence-corrected chi connectivity index (χ0v) is 18.3. The fourth-order valence-electron chi connectivity index (χ4n) is 3.58. The van der Waals surface area contributed by atoms with Gasteiger partial charge >= 0.3 is 12.2 Å². The lowest BCUT2D eigenvalue weighted by Crippen LogP contribution is -2.45. The quantitative estimate of drug-likeness (QED) is 0.545. The Morgan fingerprint density at radius 2 is 1.79 bits per heavy atom. The van der Waals surface area contributed by atoms with Crippen molar-refractivity contribution in [2.45, 2.75) is 32.0 Å². The summed E-state index contributed by atoms with van der Waals surface area (Å²) in [4.78, 5) is 26.8. The fourth-order valence-corrected chi connectivity index (χ4v) is 4.34. The number of aryl methyl sites for hydroxylation is 1. The molecule has 1 unspecified atom stereocenters. The van der Waals surface area contributed by atoms with Crippen LogP contribution in [0.25, 0.3) is 10.6 Å². The van der Waals surface area contributed by atoms with Crippen molar-refractivity contribution in [3.8, 4) is 10.6 Å². The molecule has 3 amide bonds. The van der Waals surface area contributed by atoms with Gasteiger partial charge in [0, 0.05) is 12.1 Å². The van der Waals surface area contributed by atoms with Crippen LogP contribution < -0.4 is 10.6 Å². The second-order valence-electron chi connectivity index (χ2n) is 7.59. The highest BCUT2D eigenvalue weighted by Crippen LogP contribution is 2.35. The molecule has 0 radical (unpaired) electrons. The Morgan fingerprint density at radius 3 is 2.52 bits per heavy atom. The number of para-hydroxylation sites is 1. The van der Waals surface area contributed by atoms with Crippen molar-refractivity contribution < 1.29 is 22.8 Å². The van der Waals surface area contributed by atoms with Gasteiger partial charge in [-0.25, -0.2) is 4.79 Å². The second kappa shape index (κ2) is 9.18. The smallest absolute Gasteiger partial charge is 0.312 e. The zero-order chi connectivity index (χ0) is 23.6. The van der Waals surface area contributed by atoms with Crippen molar-refractivity contribution in [1.29, 1.82) is 0 Å². The van der Waals surface area contributed by atoms with E-state index in [9.17, 15) is 22.8 Å². The van der Waals surface area contributed by atoms with Gasteiger partial charge in [-0.3, -0.25) is 10.1 Å². The van der Waals surface area contributed by atoms with E-state index in [1.807, 2.05) is 31.2 Å². The topological polar surface area (TPSA) is 87.2 Å². The average Bonchev–Trinajstić information content (AvgIpc) is 3.44. The Balaban J connectivity index is 1.44. The lowest BCUT2D eigenvalue weighted by atomic mass is 10.1. The van der Waals surface area contributed by atoms with Gasteiger partial charge in [-0.15, -0.1) is 10.2 Å². The van der Waals surface area contributed by atoms with Crippen LogP contribution in [0.4, 0.5) is 28.8 Å². The van der Waals surface area contributed by atoms with E-state index in [1.165, 1.54) is 34.4 Å². The van der Waals surface area contributed by atoms with Crippen LogP contribution in [-0.4, -0.2) is 39.6 Å². The maximum absolute atomic E-state index is 13.2. The number of carbonyl (C=O) groups excluding carboxylic acids is 2. The van der Waals surface area contributed by atoms with Crippen LogP contribution in [0.1, 0.15) is 24.0 Å². The molecule has 172 valence electrons. The summed E-state index contributed by atoms with van der Waals surface area (Å²) in [5.74, 6) is -0.460. The molecule has 2 N–H and O–H groups in total. The van der Waals surface area contributed by atoms with Gasteiger partial charge in [-0.1, -0.05) is 53.3 Å². The molecule has 2 aromatic carbocycles. The van der Waals surface area contributed by atoms with E-state index in [-0.39, 0.29) is 17.4 Å². The summed E-state index contributed by atoms with van der Waals surface area (Å²) in [6.07, 6.45) is -3.67. The first-order chi connectivity index (χ1) is 15.7. The number of carbonyl (C=O) groups is 2. The average molecular weight is 475 g/mol. The molecule has 4 rings (SSSR count). The number of alkyl halides is 3. The van der Waals surface area contributed by atoms with Gasteiger partial charge in [-0.05, 0) is 31.9 Å². The third-order valence-corrected chi connectivity index (χ3v) is 6.13. The van der Waals surface area contributed by atoms with E-state index >= 15 is 0 Å². The number of amides is 3. The highest BCUT2D eigenvalue weighted by Gasteiger charge is 2.37. The number of rotatable bonds is 4. The molecule has 33 heavy (non-hydrogen) atoms. The molecule has 3 aromatic rings. The molecule has 1 aliphatic heterocycles. The van der Waals surface area contributed by atoms with Gasteiger partial charge in [-0.2, -0.15) is 13.2 Å². The predicted octanol–water partition coefficient (Wildman–Crippen LogP) is 5.17. The van der Waals surface area contributed by atoms with Crippen molar-refractivity contribution >= 4 is 34.1 Å². The summed E-state index contributed by atoms with van der Waals surface area (Å²) in [5, 5.41) is 14.0. The molecule has 0 spiro atoms. The van der Waals surface area contributed by atoms with Crippen LogP contribution in [0.15, 0.2) is 48.5 Å². The fraction of sp³-hybridized carbons (Fsp3) is 0.273. The number of anilines is 2. The van der Waals surface area contributed by atoms with E-state index in [1.54, 1.807) is 0 Å². The summed E-state index contributed by atoms with van der Waals surface area (Å²) in [6, 6.07) is 10.8. The molecular formula is C22H20F3N5O2S. The lowest BCUT2D eigenvalue weighted by molar-refractivity contribution is -0.137. The van der Waals surface area contributed by atoms with Gasteiger partial charge in [0.2, 0.25) is 11.0 Å². The summed E-state index contributed by atoms with van der Waals surface area (Å²) in [6.45, 7) is 2.23. The summed E-state index contributed by atoms with van der Waals surface area (Å²) >= 11 is 1.20. The monoisotopic (exact) mass is 475 g/mol. The van der Waals surface area contributed by atoms with Crippen LogP contribution in [0.5, 0.6) is 0 Å². The van der Waals surface area contributed by atoms with Crippen LogP contribution in [0, 0.1) is 6.92 Å². The summed E-state index contributed by atoms with van der Waals surface area (Å²) < 4.78 is 39.7. The Morgan fingerprint density at radius 1 is 1.06 bits per heavy atom. The van der Waals surface area contributed by atoms with Crippen LogP contribution in [0.3, 0.4) is 0 Å². The molecule has 1 aliphatic rings. The minimum absolute atomic E-state index is 0.253. The van der Waals surface area contributed by atoms with E-state index in [2.05, 4.69) is 20.8 Å². The van der Waals surface area contributed by atoms with E-state index < -0.39 is 29.7 Å². The number of hydrogen-bond donors (Lipinski definition) is 2. The number of halogens is 3. The second-order valence-corrected chi connectivity index (χ2v) is 8.57. The Kier molecular flexibility index (Phi) is 6.32. The number of hydrogen-bond acceptors (Lipinski definition) is 5. The minimum Gasteiger partial charge on any atom is -0.312 e. The van der Waals surface area contributed by atoms with Gasteiger partial charge < -0.3 is 10.2 Å². The molecule has 1 aromatic heterocycles. The molecule has 0 bridgehead atoms. The highest BCUT2D eigenvalue weighted by molar-refractivity contribution is 7.18. The van der Waals surface area contributed by atoms with Gasteiger partial charge in [0.1, 0.15) is 11.0 Å². The number of nitrogens with zero attached hydrogens (tertiary/aromatic N) is 3. The van der Waals surface area contributed by atoms with Crippen LogP contribution in [0.2, 0.25) is 0 Å². The number of nitrogens with one attached hydrogen (secondary N) is 2. The van der Waals surface area contributed by atoms with Crippen molar-refractivity contribution in [3.63, 3.8) is 0 Å². The number of urea groups is 1. The first-order valence-corrected chi connectivity index (χ1v) is 11.0. The Hall–Kier alpha value is -3.47. The molecule has 1 saturated heterocycles. The highest BCUT2D eigenvalue weighted by atomic mass is 32.1. The standard InChI is InChI=1S/C22H20F3N5O2S/c1-13-8-10-14(11-9-13)19-28-29-20(33-19)27-18(31)17-7-4-12-30(17)21(32)26-16-6-3-2-5-15(16)22(23,24)25/h2-3,5-6,8-11,17H,4,7,12H2,1H3,(H,26,32)(H,27,29,31). The maximum Gasteiger partial charge on any atom is 0.418 e. The van der Waals surface area contributed by atoms with Crippen molar-refractivity contribution in [2.24, 2.45) is 0 Å². The van der Waals surface area contributed by atoms with Gasteiger partial charge in [0.15, 0.2) is 0 Å². The Bertz CT molecular complexity index is 1160. The van der Waals surface area contributed by atoms with Gasteiger partial charge in [0.05, 0.1) is 11.3 Å². The minimum atomic E-state index is -4.61. The molecule has 0 aliphatic carbocycles. The van der Waals surface area contributed by atoms with Crippen LogP contribution >= 0.6 is 11.3 Å².